The smallest absolute Gasteiger partial charge is 0.0254 e. The molecule has 1 unspecified atom stereocenters. The number of hydrazine groups is 1. The molecule has 0 aliphatic heterocycles. The highest BCUT2D eigenvalue weighted by molar-refractivity contribution is 5.17. The molecule has 0 bridgehead atoms. The largest absolute Gasteiger partial charge is 0.271 e. The molecular formula is C16H20N2. The Morgan fingerprint density at radius 3 is 1.94 bits per heavy atom. The van der Waals surface area contributed by atoms with Crippen molar-refractivity contribution in [2.75, 3.05) is 0 Å². The first-order valence-corrected chi connectivity index (χ1v) is 6.42. The predicted octanol–water partition coefficient (Wildman–Crippen LogP) is 2.69. The van der Waals surface area contributed by atoms with Crippen LogP contribution < -0.4 is 11.3 Å². The van der Waals surface area contributed by atoms with Crippen LogP contribution in [0.1, 0.15) is 17.5 Å². The van der Waals surface area contributed by atoms with Crippen molar-refractivity contribution in [2.45, 2.75) is 25.3 Å². The van der Waals surface area contributed by atoms with Crippen LogP contribution in [-0.2, 0) is 12.8 Å². The van der Waals surface area contributed by atoms with Crippen LogP contribution in [0.15, 0.2) is 60.7 Å². The van der Waals surface area contributed by atoms with Crippen LogP contribution in [0.4, 0.5) is 0 Å². The minimum absolute atomic E-state index is 0.326. The zero-order chi connectivity index (χ0) is 12.6. The van der Waals surface area contributed by atoms with Gasteiger partial charge in [-0.1, -0.05) is 60.7 Å². The molecule has 2 aromatic carbocycles. The fraction of sp³-hybridized carbons (Fsp3) is 0.250. The summed E-state index contributed by atoms with van der Waals surface area (Å²) in [6.45, 7) is 0. The Labute approximate surface area is 109 Å². The molecule has 18 heavy (non-hydrogen) atoms. The Balaban J connectivity index is 1.86. The fourth-order valence-electron chi connectivity index (χ4n) is 2.13. The van der Waals surface area contributed by atoms with Gasteiger partial charge in [-0.15, -0.1) is 0 Å². The van der Waals surface area contributed by atoms with E-state index in [9.17, 15) is 0 Å². The number of nitrogens with two attached hydrogens (primary N) is 1. The first-order valence-electron chi connectivity index (χ1n) is 6.42. The maximum Gasteiger partial charge on any atom is 0.0254 e. The van der Waals surface area contributed by atoms with E-state index in [4.69, 9.17) is 5.84 Å². The van der Waals surface area contributed by atoms with E-state index in [0.717, 1.165) is 19.3 Å². The van der Waals surface area contributed by atoms with Crippen LogP contribution in [0.2, 0.25) is 0 Å². The molecule has 0 aliphatic carbocycles. The Bertz CT molecular complexity index is 439. The molecule has 2 aromatic rings. The maximum atomic E-state index is 5.63. The molecule has 0 saturated carbocycles. The van der Waals surface area contributed by atoms with Gasteiger partial charge in [0, 0.05) is 6.04 Å². The minimum atomic E-state index is 0.326. The van der Waals surface area contributed by atoms with Crippen molar-refractivity contribution in [3.8, 4) is 0 Å². The first-order chi connectivity index (χ1) is 8.88. The summed E-state index contributed by atoms with van der Waals surface area (Å²) < 4.78 is 0. The van der Waals surface area contributed by atoms with Gasteiger partial charge in [0.25, 0.3) is 0 Å². The molecule has 0 heterocycles. The third kappa shape index (κ3) is 3.99. The van der Waals surface area contributed by atoms with Crippen LogP contribution in [0, 0.1) is 0 Å². The number of hydrogen-bond acceptors (Lipinski definition) is 2. The quantitative estimate of drug-likeness (QED) is 0.602. The second-order valence-electron chi connectivity index (χ2n) is 4.58. The lowest BCUT2D eigenvalue weighted by molar-refractivity contribution is 0.491. The summed E-state index contributed by atoms with van der Waals surface area (Å²) in [4.78, 5) is 0. The average molecular weight is 240 g/mol. The topological polar surface area (TPSA) is 38.0 Å². The number of nitrogens with one attached hydrogen (secondary N) is 1. The van der Waals surface area contributed by atoms with Crippen molar-refractivity contribution in [1.29, 1.82) is 0 Å². The molecule has 2 rings (SSSR count). The third-order valence-corrected chi connectivity index (χ3v) is 3.18. The van der Waals surface area contributed by atoms with Crippen molar-refractivity contribution >= 4 is 0 Å². The molecular weight excluding hydrogens is 220 g/mol. The maximum absolute atomic E-state index is 5.63. The van der Waals surface area contributed by atoms with Gasteiger partial charge in [0.15, 0.2) is 0 Å². The molecule has 1 atom stereocenters. The van der Waals surface area contributed by atoms with Gasteiger partial charge in [-0.25, -0.2) is 0 Å². The van der Waals surface area contributed by atoms with E-state index in [1.807, 2.05) is 12.1 Å². The molecule has 0 amide bonds. The zero-order valence-electron chi connectivity index (χ0n) is 10.5. The summed E-state index contributed by atoms with van der Waals surface area (Å²) >= 11 is 0. The summed E-state index contributed by atoms with van der Waals surface area (Å²) in [5, 5.41) is 0. The number of benzene rings is 2. The molecule has 0 spiro atoms. The lowest BCUT2D eigenvalue weighted by Gasteiger charge is -2.15. The number of aryl methyl sites for hydroxylation is 1. The van der Waals surface area contributed by atoms with Crippen molar-refractivity contribution in [2.24, 2.45) is 5.84 Å². The van der Waals surface area contributed by atoms with E-state index in [-0.39, 0.29) is 0 Å². The molecule has 0 aromatic heterocycles. The Morgan fingerprint density at radius 2 is 1.39 bits per heavy atom. The van der Waals surface area contributed by atoms with Gasteiger partial charge in [-0.05, 0) is 30.4 Å². The van der Waals surface area contributed by atoms with Gasteiger partial charge < -0.3 is 0 Å². The van der Waals surface area contributed by atoms with Crippen molar-refractivity contribution in [1.82, 2.24) is 5.43 Å². The van der Waals surface area contributed by atoms with Gasteiger partial charge >= 0.3 is 0 Å². The van der Waals surface area contributed by atoms with E-state index < -0.39 is 0 Å². The highest BCUT2D eigenvalue weighted by Gasteiger charge is 2.07. The zero-order valence-corrected chi connectivity index (χ0v) is 10.5. The minimum Gasteiger partial charge on any atom is -0.271 e. The van der Waals surface area contributed by atoms with Gasteiger partial charge in [0.05, 0.1) is 0 Å². The SMILES string of the molecule is NNC(CCc1ccccc1)Cc1ccccc1. The van der Waals surface area contributed by atoms with Crippen LogP contribution in [-0.4, -0.2) is 6.04 Å². The summed E-state index contributed by atoms with van der Waals surface area (Å²) in [6, 6.07) is 21.3. The van der Waals surface area contributed by atoms with Crippen molar-refractivity contribution in [3.63, 3.8) is 0 Å². The number of rotatable bonds is 6. The van der Waals surface area contributed by atoms with Gasteiger partial charge in [-0.3, -0.25) is 11.3 Å². The van der Waals surface area contributed by atoms with Gasteiger partial charge in [0.1, 0.15) is 0 Å². The summed E-state index contributed by atoms with van der Waals surface area (Å²) in [6.07, 6.45) is 3.09. The standard InChI is InChI=1S/C16H20N2/c17-18-16(13-15-9-5-2-6-10-15)12-11-14-7-3-1-4-8-14/h1-10,16,18H,11-13,17H2. The van der Waals surface area contributed by atoms with E-state index in [1.165, 1.54) is 11.1 Å². The summed E-state index contributed by atoms with van der Waals surface area (Å²) in [5.41, 5.74) is 5.61. The molecule has 0 saturated heterocycles. The van der Waals surface area contributed by atoms with E-state index in [2.05, 4.69) is 54.0 Å². The van der Waals surface area contributed by atoms with Gasteiger partial charge in [0.2, 0.25) is 0 Å². The fourth-order valence-corrected chi connectivity index (χ4v) is 2.13. The van der Waals surface area contributed by atoms with E-state index >= 15 is 0 Å². The highest BCUT2D eigenvalue weighted by atomic mass is 15.2. The molecule has 2 nitrogen and oxygen atoms in total. The van der Waals surface area contributed by atoms with Crippen molar-refractivity contribution < 1.29 is 0 Å². The molecule has 0 fully saturated rings. The van der Waals surface area contributed by atoms with E-state index in [0.29, 0.717) is 6.04 Å². The molecule has 2 heteroatoms. The van der Waals surface area contributed by atoms with Crippen LogP contribution >= 0.6 is 0 Å². The Kier molecular flexibility index (Phi) is 4.94. The number of hydrogen-bond donors (Lipinski definition) is 2. The lowest BCUT2D eigenvalue weighted by atomic mass is 10.00. The Morgan fingerprint density at radius 1 is 0.833 bits per heavy atom. The van der Waals surface area contributed by atoms with Crippen LogP contribution in [0.5, 0.6) is 0 Å². The normalized spacial score (nSPS) is 12.3. The highest BCUT2D eigenvalue weighted by Crippen LogP contribution is 2.09. The second kappa shape index (κ2) is 6.94. The monoisotopic (exact) mass is 240 g/mol. The third-order valence-electron chi connectivity index (χ3n) is 3.18. The summed E-state index contributed by atoms with van der Waals surface area (Å²) in [5.74, 6) is 5.63. The van der Waals surface area contributed by atoms with E-state index in [1.54, 1.807) is 0 Å². The summed E-state index contributed by atoms with van der Waals surface area (Å²) in [7, 11) is 0. The van der Waals surface area contributed by atoms with Crippen molar-refractivity contribution in [3.05, 3.63) is 71.8 Å². The predicted molar refractivity (Wildman–Crippen MR) is 76.0 cm³/mol. The lowest BCUT2D eigenvalue weighted by Crippen LogP contribution is -2.37. The second-order valence-corrected chi connectivity index (χ2v) is 4.58. The Hall–Kier alpha value is -1.64. The molecule has 0 radical (unpaired) electrons. The molecule has 0 aliphatic rings. The van der Waals surface area contributed by atoms with Gasteiger partial charge in [-0.2, -0.15) is 0 Å². The van der Waals surface area contributed by atoms with Crippen LogP contribution in [0.25, 0.3) is 0 Å². The molecule has 94 valence electrons. The van der Waals surface area contributed by atoms with Crippen LogP contribution in [0.3, 0.4) is 0 Å². The molecule has 3 N–H and O–H groups in total. The first kappa shape index (κ1) is 12.8. The average Bonchev–Trinajstić information content (AvgIpc) is 2.45.